The van der Waals surface area contributed by atoms with Gasteiger partial charge in [-0.3, -0.25) is 0 Å². The standard InChI is InChI=1S/C20H21FN6O/c1-14-5-6-16(27-10-3-9-23-27)12-18(14)25-20(28)24-15-7-11-26(13-15)19-17(21)4-2-8-22-19/h2-6,8-10,12,15H,7,11,13H2,1H3,(H2,24,25,28). The molecule has 1 aliphatic heterocycles. The van der Waals surface area contributed by atoms with Gasteiger partial charge in [0.15, 0.2) is 11.6 Å². The molecule has 3 aromatic rings. The minimum absolute atomic E-state index is 0.0731. The van der Waals surface area contributed by atoms with Gasteiger partial charge >= 0.3 is 6.03 Å². The third-order valence-corrected chi connectivity index (χ3v) is 4.80. The van der Waals surface area contributed by atoms with Gasteiger partial charge in [0.1, 0.15) is 0 Å². The Morgan fingerprint density at radius 1 is 1.25 bits per heavy atom. The highest BCUT2D eigenvalue weighted by Gasteiger charge is 2.26. The quantitative estimate of drug-likeness (QED) is 0.729. The molecule has 1 aliphatic rings. The maximum Gasteiger partial charge on any atom is 0.319 e. The first-order chi connectivity index (χ1) is 13.6. The molecule has 7 nitrogen and oxygen atoms in total. The number of aromatic nitrogens is 3. The van der Waals surface area contributed by atoms with Gasteiger partial charge in [-0.1, -0.05) is 6.07 Å². The monoisotopic (exact) mass is 380 g/mol. The summed E-state index contributed by atoms with van der Waals surface area (Å²) >= 11 is 0. The average molecular weight is 380 g/mol. The van der Waals surface area contributed by atoms with Crippen LogP contribution in [0.4, 0.5) is 20.7 Å². The third kappa shape index (κ3) is 3.80. The van der Waals surface area contributed by atoms with Gasteiger partial charge in [0.25, 0.3) is 0 Å². The zero-order valence-electron chi connectivity index (χ0n) is 15.5. The molecule has 2 amide bonds. The van der Waals surface area contributed by atoms with E-state index in [1.54, 1.807) is 23.1 Å². The van der Waals surface area contributed by atoms with E-state index in [1.165, 1.54) is 6.07 Å². The third-order valence-electron chi connectivity index (χ3n) is 4.80. The second-order valence-electron chi connectivity index (χ2n) is 6.79. The Hall–Kier alpha value is -3.42. The molecule has 0 saturated carbocycles. The van der Waals surface area contributed by atoms with Crippen LogP contribution < -0.4 is 15.5 Å². The molecule has 8 heteroatoms. The molecule has 2 aromatic heterocycles. The van der Waals surface area contributed by atoms with Crippen molar-refractivity contribution in [2.75, 3.05) is 23.3 Å². The van der Waals surface area contributed by atoms with Crippen LogP contribution in [-0.2, 0) is 0 Å². The molecule has 1 aromatic carbocycles. The Kier molecular flexibility index (Phi) is 4.92. The maximum atomic E-state index is 13.9. The van der Waals surface area contributed by atoms with E-state index in [4.69, 9.17) is 0 Å². The number of aryl methyl sites for hydroxylation is 1. The fourth-order valence-corrected chi connectivity index (χ4v) is 3.33. The summed E-state index contributed by atoms with van der Waals surface area (Å²) in [5.41, 5.74) is 2.54. The van der Waals surface area contributed by atoms with Crippen LogP contribution in [0.5, 0.6) is 0 Å². The van der Waals surface area contributed by atoms with Gasteiger partial charge in [0.2, 0.25) is 0 Å². The molecule has 0 aliphatic carbocycles. The lowest BCUT2D eigenvalue weighted by atomic mass is 10.2. The number of nitrogens with zero attached hydrogens (tertiary/aromatic N) is 4. The van der Waals surface area contributed by atoms with E-state index in [0.717, 1.165) is 23.4 Å². The molecule has 1 unspecified atom stereocenters. The molecule has 2 N–H and O–H groups in total. The smallest absolute Gasteiger partial charge is 0.319 e. The van der Waals surface area contributed by atoms with E-state index in [-0.39, 0.29) is 17.9 Å². The summed E-state index contributed by atoms with van der Waals surface area (Å²) in [6.45, 7) is 3.10. The number of carbonyl (C=O) groups is 1. The van der Waals surface area contributed by atoms with E-state index in [9.17, 15) is 9.18 Å². The van der Waals surface area contributed by atoms with Gasteiger partial charge in [0, 0.05) is 43.4 Å². The van der Waals surface area contributed by atoms with Gasteiger partial charge in [-0.15, -0.1) is 0 Å². The molecule has 4 rings (SSSR count). The molecule has 0 spiro atoms. The van der Waals surface area contributed by atoms with Crippen LogP contribution in [0, 0.1) is 12.7 Å². The number of hydrogen-bond acceptors (Lipinski definition) is 4. The molecule has 1 atom stereocenters. The fourth-order valence-electron chi connectivity index (χ4n) is 3.33. The lowest BCUT2D eigenvalue weighted by molar-refractivity contribution is 0.249. The van der Waals surface area contributed by atoms with Crippen molar-refractivity contribution in [3.63, 3.8) is 0 Å². The molecule has 1 saturated heterocycles. The van der Waals surface area contributed by atoms with Crippen LogP contribution in [0.3, 0.4) is 0 Å². The van der Waals surface area contributed by atoms with Crippen LogP contribution in [0.25, 0.3) is 5.69 Å². The number of halogens is 1. The predicted molar refractivity (Wildman–Crippen MR) is 105 cm³/mol. The van der Waals surface area contributed by atoms with Crippen LogP contribution in [0.2, 0.25) is 0 Å². The van der Waals surface area contributed by atoms with Gasteiger partial charge in [-0.2, -0.15) is 5.10 Å². The number of rotatable bonds is 4. The minimum Gasteiger partial charge on any atom is -0.352 e. The number of anilines is 2. The molecular weight excluding hydrogens is 359 g/mol. The highest BCUT2D eigenvalue weighted by atomic mass is 19.1. The lowest BCUT2D eigenvalue weighted by Gasteiger charge is -2.19. The summed E-state index contributed by atoms with van der Waals surface area (Å²) < 4.78 is 15.6. The first kappa shape index (κ1) is 18.0. The van der Waals surface area contributed by atoms with E-state index in [0.29, 0.717) is 18.9 Å². The number of hydrogen-bond donors (Lipinski definition) is 2. The van der Waals surface area contributed by atoms with E-state index < -0.39 is 0 Å². The van der Waals surface area contributed by atoms with Gasteiger partial charge in [0.05, 0.1) is 5.69 Å². The first-order valence-electron chi connectivity index (χ1n) is 9.14. The Morgan fingerprint density at radius 2 is 2.14 bits per heavy atom. The van der Waals surface area contributed by atoms with Crippen LogP contribution in [0.1, 0.15) is 12.0 Å². The lowest BCUT2D eigenvalue weighted by Crippen LogP contribution is -2.40. The minimum atomic E-state index is -0.348. The summed E-state index contributed by atoms with van der Waals surface area (Å²) in [7, 11) is 0. The second-order valence-corrected chi connectivity index (χ2v) is 6.79. The first-order valence-corrected chi connectivity index (χ1v) is 9.14. The number of amides is 2. The van der Waals surface area contributed by atoms with Crippen molar-refractivity contribution in [1.82, 2.24) is 20.1 Å². The molecule has 1 fully saturated rings. The van der Waals surface area contributed by atoms with Crippen molar-refractivity contribution in [1.29, 1.82) is 0 Å². The van der Waals surface area contributed by atoms with Crippen molar-refractivity contribution in [3.05, 3.63) is 66.4 Å². The molecule has 144 valence electrons. The Balaban J connectivity index is 1.39. The summed E-state index contributed by atoms with van der Waals surface area (Å²) in [5, 5.41) is 10.1. The zero-order valence-corrected chi connectivity index (χ0v) is 15.5. The van der Waals surface area contributed by atoms with Crippen LogP contribution in [-0.4, -0.2) is 39.9 Å². The van der Waals surface area contributed by atoms with Gasteiger partial charge in [-0.05, 0) is 49.2 Å². The molecule has 3 heterocycles. The zero-order chi connectivity index (χ0) is 19.5. The summed E-state index contributed by atoms with van der Waals surface area (Å²) in [6.07, 6.45) is 5.85. The molecule has 0 radical (unpaired) electrons. The molecule has 28 heavy (non-hydrogen) atoms. The van der Waals surface area contributed by atoms with Crippen LogP contribution >= 0.6 is 0 Å². The highest BCUT2D eigenvalue weighted by Crippen LogP contribution is 2.22. The summed E-state index contributed by atoms with van der Waals surface area (Å²) in [4.78, 5) is 18.4. The number of urea groups is 1. The molecular formula is C20H21FN6O. The van der Waals surface area contributed by atoms with Crippen LogP contribution in [0.15, 0.2) is 55.0 Å². The van der Waals surface area contributed by atoms with Crippen molar-refractivity contribution in [2.45, 2.75) is 19.4 Å². The van der Waals surface area contributed by atoms with E-state index in [1.807, 2.05) is 42.3 Å². The average Bonchev–Trinajstić information content (AvgIpc) is 3.36. The summed E-state index contributed by atoms with van der Waals surface area (Å²) in [5.74, 6) is -0.0198. The number of nitrogens with one attached hydrogen (secondary N) is 2. The van der Waals surface area contributed by atoms with E-state index >= 15 is 0 Å². The van der Waals surface area contributed by atoms with Crippen molar-refractivity contribution in [3.8, 4) is 5.69 Å². The topological polar surface area (TPSA) is 75.1 Å². The Labute approximate surface area is 162 Å². The number of pyridine rings is 1. The fraction of sp³-hybridized carbons (Fsp3) is 0.250. The maximum absolute atomic E-state index is 13.9. The van der Waals surface area contributed by atoms with Crippen molar-refractivity contribution in [2.24, 2.45) is 0 Å². The summed E-state index contributed by atoms with van der Waals surface area (Å²) in [6, 6.07) is 10.2. The Bertz CT molecular complexity index is 975. The largest absolute Gasteiger partial charge is 0.352 e. The molecule has 0 bridgehead atoms. The Morgan fingerprint density at radius 3 is 2.93 bits per heavy atom. The van der Waals surface area contributed by atoms with Crippen molar-refractivity contribution < 1.29 is 9.18 Å². The predicted octanol–water partition coefficient (Wildman–Crippen LogP) is 3.12. The number of carbonyl (C=O) groups excluding carboxylic acids is 1. The highest BCUT2D eigenvalue weighted by molar-refractivity contribution is 5.90. The normalized spacial score (nSPS) is 16.2. The van der Waals surface area contributed by atoms with E-state index in [2.05, 4.69) is 20.7 Å². The number of benzene rings is 1. The SMILES string of the molecule is Cc1ccc(-n2cccn2)cc1NC(=O)NC1CCN(c2ncccc2F)C1. The van der Waals surface area contributed by atoms with Gasteiger partial charge in [-0.25, -0.2) is 18.9 Å². The van der Waals surface area contributed by atoms with Gasteiger partial charge < -0.3 is 15.5 Å². The van der Waals surface area contributed by atoms with Crippen molar-refractivity contribution >= 4 is 17.5 Å². The second kappa shape index (κ2) is 7.67.